The van der Waals surface area contributed by atoms with Gasteiger partial charge in [0, 0.05) is 17.1 Å². The summed E-state index contributed by atoms with van der Waals surface area (Å²) in [6, 6.07) is 7.85. The maximum Gasteiger partial charge on any atom is 0.142 e. The lowest BCUT2D eigenvalue weighted by Crippen LogP contribution is -2.22. The molecule has 2 N–H and O–H groups in total. The van der Waals surface area contributed by atoms with Gasteiger partial charge in [-0.15, -0.1) is 0 Å². The molecule has 6 heteroatoms. The van der Waals surface area contributed by atoms with E-state index in [0.29, 0.717) is 16.9 Å². The summed E-state index contributed by atoms with van der Waals surface area (Å²) in [5.41, 5.74) is 0.780. The molecule has 1 heterocycles. The molecule has 3 rings (SSSR count). The molecule has 0 unspecified atom stereocenters. The number of benzene rings is 1. The minimum absolute atomic E-state index is 0.507. The van der Waals surface area contributed by atoms with Gasteiger partial charge in [-0.1, -0.05) is 30.9 Å². The van der Waals surface area contributed by atoms with Gasteiger partial charge in [0.1, 0.15) is 23.7 Å². The summed E-state index contributed by atoms with van der Waals surface area (Å²) in [4.78, 5) is 8.59. The number of rotatable bonds is 5. The van der Waals surface area contributed by atoms with Crippen LogP contribution in [0, 0.1) is 0 Å². The molecular formula is C17H21ClN4O. The lowest BCUT2D eigenvalue weighted by molar-refractivity contribution is 0.417. The molecule has 1 aromatic carbocycles. The second-order valence-corrected chi connectivity index (χ2v) is 6.17. The van der Waals surface area contributed by atoms with Gasteiger partial charge in [0.15, 0.2) is 0 Å². The number of anilines is 3. The number of methoxy groups -OCH3 is 1. The van der Waals surface area contributed by atoms with Crippen LogP contribution in [0.25, 0.3) is 0 Å². The molecule has 1 aliphatic rings. The number of ether oxygens (including phenoxy) is 1. The van der Waals surface area contributed by atoms with E-state index in [1.54, 1.807) is 19.5 Å². The van der Waals surface area contributed by atoms with Gasteiger partial charge in [-0.3, -0.25) is 0 Å². The summed E-state index contributed by atoms with van der Waals surface area (Å²) >= 11 is 6.06. The van der Waals surface area contributed by atoms with E-state index in [4.69, 9.17) is 16.3 Å². The molecule has 1 aromatic heterocycles. The maximum absolute atomic E-state index is 6.06. The Balaban J connectivity index is 1.73. The Labute approximate surface area is 141 Å². The first-order chi connectivity index (χ1) is 11.2. The van der Waals surface area contributed by atoms with E-state index in [9.17, 15) is 0 Å². The van der Waals surface area contributed by atoms with Crippen molar-refractivity contribution in [3.05, 3.63) is 35.6 Å². The Morgan fingerprint density at radius 2 is 1.87 bits per heavy atom. The van der Waals surface area contributed by atoms with Crippen LogP contribution in [0.3, 0.4) is 0 Å². The van der Waals surface area contributed by atoms with E-state index < -0.39 is 0 Å². The number of hydrogen-bond acceptors (Lipinski definition) is 5. The van der Waals surface area contributed by atoms with Crippen LogP contribution >= 0.6 is 11.6 Å². The van der Waals surface area contributed by atoms with Crippen molar-refractivity contribution in [1.29, 1.82) is 0 Å². The highest BCUT2D eigenvalue weighted by molar-refractivity contribution is 6.31. The largest absolute Gasteiger partial charge is 0.495 e. The fourth-order valence-electron chi connectivity index (χ4n) is 2.88. The van der Waals surface area contributed by atoms with Crippen molar-refractivity contribution in [2.24, 2.45) is 0 Å². The van der Waals surface area contributed by atoms with Crippen molar-refractivity contribution < 1.29 is 4.74 Å². The molecule has 0 bridgehead atoms. The summed E-state index contributed by atoms with van der Waals surface area (Å²) in [5, 5.41) is 7.38. The van der Waals surface area contributed by atoms with Gasteiger partial charge in [-0.2, -0.15) is 0 Å². The normalized spacial score (nSPS) is 15.2. The molecule has 1 saturated carbocycles. The summed E-state index contributed by atoms with van der Waals surface area (Å²) in [7, 11) is 1.63. The van der Waals surface area contributed by atoms with Crippen LogP contribution in [0.4, 0.5) is 17.3 Å². The minimum Gasteiger partial charge on any atom is -0.495 e. The van der Waals surface area contributed by atoms with E-state index >= 15 is 0 Å². The topological polar surface area (TPSA) is 59.1 Å². The summed E-state index contributed by atoms with van der Waals surface area (Å²) < 4.78 is 5.34. The van der Waals surface area contributed by atoms with Crippen LogP contribution in [0.15, 0.2) is 30.6 Å². The zero-order chi connectivity index (χ0) is 16.1. The molecule has 23 heavy (non-hydrogen) atoms. The van der Waals surface area contributed by atoms with E-state index in [2.05, 4.69) is 20.6 Å². The number of nitrogens with zero attached hydrogens (tertiary/aromatic N) is 2. The summed E-state index contributed by atoms with van der Waals surface area (Å²) in [6.07, 6.45) is 7.87. The van der Waals surface area contributed by atoms with Crippen LogP contribution in [0.1, 0.15) is 32.1 Å². The van der Waals surface area contributed by atoms with Gasteiger partial charge in [-0.05, 0) is 31.0 Å². The molecule has 1 aliphatic carbocycles. The van der Waals surface area contributed by atoms with E-state index in [-0.39, 0.29) is 0 Å². The molecule has 122 valence electrons. The summed E-state index contributed by atoms with van der Waals surface area (Å²) in [6.45, 7) is 0. The Hall–Kier alpha value is -2.01. The van der Waals surface area contributed by atoms with Crippen molar-refractivity contribution in [2.75, 3.05) is 17.7 Å². The summed E-state index contributed by atoms with van der Waals surface area (Å²) in [5.74, 6) is 2.27. The molecule has 5 nitrogen and oxygen atoms in total. The lowest BCUT2D eigenvalue weighted by Gasteiger charge is -2.23. The monoisotopic (exact) mass is 332 g/mol. The molecule has 0 radical (unpaired) electrons. The van der Waals surface area contributed by atoms with E-state index in [1.807, 2.05) is 18.2 Å². The zero-order valence-electron chi connectivity index (χ0n) is 13.2. The van der Waals surface area contributed by atoms with Gasteiger partial charge in [0.25, 0.3) is 0 Å². The Kier molecular flexibility index (Phi) is 5.18. The second kappa shape index (κ2) is 7.51. The fraction of sp³-hybridized carbons (Fsp3) is 0.412. The van der Waals surface area contributed by atoms with Gasteiger partial charge >= 0.3 is 0 Å². The third kappa shape index (κ3) is 4.26. The van der Waals surface area contributed by atoms with E-state index in [1.165, 1.54) is 32.1 Å². The molecule has 0 saturated heterocycles. The van der Waals surface area contributed by atoms with Crippen LogP contribution in [-0.2, 0) is 0 Å². The van der Waals surface area contributed by atoms with Crippen LogP contribution < -0.4 is 15.4 Å². The Bertz CT molecular complexity index is 659. The fourth-order valence-corrected chi connectivity index (χ4v) is 3.05. The highest BCUT2D eigenvalue weighted by Crippen LogP contribution is 2.30. The van der Waals surface area contributed by atoms with Crippen molar-refractivity contribution in [3.8, 4) is 5.75 Å². The quantitative estimate of drug-likeness (QED) is 0.836. The Morgan fingerprint density at radius 1 is 1.09 bits per heavy atom. The zero-order valence-corrected chi connectivity index (χ0v) is 13.9. The molecule has 0 atom stereocenters. The lowest BCUT2D eigenvalue weighted by atomic mass is 9.95. The first kappa shape index (κ1) is 15.9. The second-order valence-electron chi connectivity index (χ2n) is 5.74. The number of hydrogen-bond donors (Lipinski definition) is 2. The molecule has 0 spiro atoms. The molecule has 1 fully saturated rings. The SMILES string of the molecule is COc1ccc(Cl)cc1Nc1cc(NC2CCCCC2)ncn1. The standard InChI is InChI=1S/C17H21ClN4O/c1-23-15-8-7-12(18)9-14(15)22-17-10-16(19-11-20-17)21-13-5-3-2-4-6-13/h7-11,13H,2-6H2,1H3,(H2,19,20,21,22). The maximum atomic E-state index is 6.06. The highest BCUT2D eigenvalue weighted by atomic mass is 35.5. The molecule has 0 aliphatic heterocycles. The van der Waals surface area contributed by atoms with Crippen molar-refractivity contribution >= 4 is 28.9 Å². The predicted octanol–water partition coefficient (Wildman–Crippen LogP) is 4.63. The van der Waals surface area contributed by atoms with Crippen molar-refractivity contribution in [1.82, 2.24) is 9.97 Å². The highest BCUT2D eigenvalue weighted by Gasteiger charge is 2.14. The van der Waals surface area contributed by atoms with Crippen molar-refractivity contribution in [3.63, 3.8) is 0 Å². The predicted molar refractivity (Wildman–Crippen MR) is 93.8 cm³/mol. The van der Waals surface area contributed by atoms with Crippen molar-refractivity contribution in [2.45, 2.75) is 38.1 Å². The van der Waals surface area contributed by atoms with Gasteiger partial charge < -0.3 is 15.4 Å². The van der Waals surface area contributed by atoms with Gasteiger partial charge in [0.2, 0.25) is 0 Å². The van der Waals surface area contributed by atoms with Crippen LogP contribution in [0.2, 0.25) is 5.02 Å². The molecule has 2 aromatic rings. The average Bonchev–Trinajstić information content (AvgIpc) is 2.56. The van der Waals surface area contributed by atoms with Gasteiger partial charge in [-0.25, -0.2) is 9.97 Å². The Morgan fingerprint density at radius 3 is 2.65 bits per heavy atom. The van der Waals surface area contributed by atoms with E-state index in [0.717, 1.165) is 17.3 Å². The first-order valence-corrected chi connectivity index (χ1v) is 8.31. The average molecular weight is 333 g/mol. The minimum atomic E-state index is 0.507. The third-order valence-corrected chi connectivity index (χ3v) is 4.28. The number of halogens is 1. The van der Waals surface area contributed by atoms with Crippen LogP contribution in [-0.4, -0.2) is 23.1 Å². The first-order valence-electron chi connectivity index (χ1n) is 7.94. The van der Waals surface area contributed by atoms with Gasteiger partial charge in [0.05, 0.1) is 12.8 Å². The number of nitrogens with one attached hydrogen (secondary N) is 2. The third-order valence-electron chi connectivity index (χ3n) is 4.05. The molecular weight excluding hydrogens is 312 g/mol. The number of aromatic nitrogens is 2. The van der Waals surface area contributed by atoms with Crippen LogP contribution in [0.5, 0.6) is 5.75 Å². The molecule has 0 amide bonds. The smallest absolute Gasteiger partial charge is 0.142 e.